The third-order valence-corrected chi connectivity index (χ3v) is 2.38. The maximum Gasteiger partial charge on any atom is 0.220 e. The van der Waals surface area contributed by atoms with Crippen LogP contribution in [-0.4, -0.2) is 21.5 Å². The minimum atomic E-state index is 0.196. The van der Waals surface area contributed by atoms with Crippen molar-refractivity contribution < 1.29 is 0 Å². The van der Waals surface area contributed by atoms with Gasteiger partial charge in [-0.15, -0.1) is 0 Å². The van der Waals surface area contributed by atoms with Crippen LogP contribution in [0.5, 0.6) is 0 Å². The molecule has 6 heteroatoms. The van der Waals surface area contributed by atoms with Crippen LogP contribution in [-0.2, 0) is 0 Å². The van der Waals surface area contributed by atoms with Crippen molar-refractivity contribution in [3.05, 3.63) is 18.0 Å². The van der Waals surface area contributed by atoms with Gasteiger partial charge in [-0.2, -0.15) is 5.26 Å². The number of nitrogens with one attached hydrogen (secondary N) is 1. The summed E-state index contributed by atoms with van der Waals surface area (Å²) in [5.74, 6) is 1.24. The number of rotatable bonds is 3. The second-order valence-corrected chi connectivity index (χ2v) is 4.41. The molecular weight excluding hydrogens is 228 g/mol. The van der Waals surface area contributed by atoms with Crippen LogP contribution in [0.1, 0.15) is 19.5 Å². The molecule has 0 aliphatic carbocycles. The average Bonchev–Trinajstić information content (AvgIpc) is 2.35. The molecule has 2 heterocycles. The SMILES string of the molecule is CC(C)CNc1nc(C#N)cc2cnc(N)nc12. The van der Waals surface area contributed by atoms with Gasteiger partial charge in [0.1, 0.15) is 17.3 Å². The lowest BCUT2D eigenvalue weighted by molar-refractivity contribution is 0.687. The molecule has 0 aliphatic rings. The Hall–Kier alpha value is -2.42. The average molecular weight is 242 g/mol. The Labute approximate surface area is 105 Å². The molecule has 2 aromatic rings. The van der Waals surface area contributed by atoms with Crippen molar-refractivity contribution in [3.63, 3.8) is 0 Å². The van der Waals surface area contributed by atoms with E-state index in [2.05, 4.69) is 34.1 Å². The van der Waals surface area contributed by atoms with Gasteiger partial charge in [0, 0.05) is 18.1 Å². The molecule has 0 fully saturated rings. The standard InChI is InChI=1S/C12H14N6/c1-7(2)5-15-11-10-8(3-9(4-13)17-11)6-16-12(14)18-10/h3,6-7H,5H2,1-2H3,(H,15,17)(H2,14,16,18). The van der Waals surface area contributed by atoms with Crippen LogP contribution in [0.4, 0.5) is 11.8 Å². The summed E-state index contributed by atoms with van der Waals surface area (Å²) in [5.41, 5.74) is 6.55. The van der Waals surface area contributed by atoms with E-state index >= 15 is 0 Å². The normalized spacial score (nSPS) is 10.6. The molecule has 2 aromatic heterocycles. The highest BCUT2D eigenvalue weighted by Crippen LogP contribution is 2.20. The van der Waals surface area contributed by atoms with Crippen LogP contribution in [0, 0.1) is 17.2 Å². The molecule has 0 atom stereocenters. The van der Waals surface area contributed by atoms with Gasteiger partial charge in [0.05, 0.1) is 0 Å². The Kier molecular flexibility index (Phi) is 3.24. The number of fused-ring (bicyclic) bond motifs is 1. The second-order valence-electron chi connectivity index (χ2n) is 4.41. The number of nitriles is 1. The molecular formula is C12H14N6. The fourth-order valence-electron chi connectivity index (χ4n) is 1.53. The molecule has 0 aromatic carbocycles. The molecule has 3 N–H and O–H groups in total. The fraction of sp³-hybridized carbons (Fsp3) is 0.333. The molecule has 92 valence electrons. The number of hydrogen-bond donors (Lipinski definition) is 2. The Morgan fingerprint density at radius 2 is 2.22 bits per heavy atom. The number of hydrogen-bond acceptors (Lipinski definition) is 6. The zero-order valence-electron chi connectivity index (χ0n) is 10.3. The topological polar surface area (TPSA) is 101 Å². The van der Waals surface area contributed by atoms with E-state index in [1.807, 2.05) is 6.07 Å². The molecule has 0 bridgehead atoms. The molecule has 0 unspecified atom stereocenters. The number of nitrogens with zero attached hydrogens (tertiary/aromatic N) is 4. The van der Waals surface area contributed by atoms with E-state index in [-0.39, 0.29) is 5.95 Å². The van der Waals surface area contributed by atoms with E-state index in [4.69, 9.17) is 11.0 Å². The second kappa shape index (κ2) is 4.84. The van der Waals surface area contributed by atoms with Crippen LogP contribution in [0.3, 0.4) is 0 Å². The van der Waals surface area contributed by atoms with Crippen molar-refractivity contribution >= 4 is 22.7 Å². The Balaban J connectivity index is 2.53. The van der Waals surface area contributed by atoms with Gasteiger partial charge < -0.3 is 11.1 Å². The van der Waals surface area contributed by atoms with E-state index in [0.29, 0.717) is 22.9 Å². The maximum atomic E-state index is 8.95. The minimum absolute atomic E-state index is 0.196. The van der Waals surface area contributed by atoms with Gasteiger partial charge >= 0.3 is 0 Å². The summed E-state index contributed by atoms with van der Waals surface area (Å²) in [6, 6.07) is 3.67. The van der Waals surface area contributed by atoms with E-state index in [1.165, 1.54) is 0 Å². The molecule has 2 rings (SSSR count). The number of nitrogens with two attached hydrogens (primary N) is 1. The Morgan fingerprint density at radius 3 is 2.89 bits per heavy atom. The predicted octanol–water partition coefficient (Wildman–Crippen LogP) is 1.55. The van der Waals surface area contributed by atoms with Crippen LogP contribution in [0.25, 0.3) is 10.9 Å². The van der Waals surface area contributed by atoms with Crippen molar-refractivity contribution in [1.29, 1.82) is 5.26 Å². The summed E-state index contributed by atoms with van der Waals surface area (Å²) in [4.78, 5) is 12.3. The lowest BCUT2D eigenvalue weighted by Gasteiger charge is -2.10. The summed E-state index contributed by atoms with van der Waals surface area (Å²) in [5, 5.41) is 12.9. The number of anilines is 2. The first kappa shape index (κ1) is 12.0. The third-order valence-electron chi connectivity index (χ3n) is 2.38. The number of nitrogen functional groups attached to an aromatic ring is 1. The summed E-state index contributed by atoms with van der Waals surface area (Å²) >= 11 is 0. The van der Waals surface area contributed by atoms with E-state index < -0.39 is 0 Å². The van der Waals surface area contributed by atoms with Gasteiger partial charge in [-0.1, -0.05) is 13.8 Å². The van der Waals surface area contributed by atoms with E-state index in [9.17, 15) is 0 Å². The molecule has 0 radical (unpaired) electrons. The predicted molar refractivity (Wildman–Crippen MR) is 69.8 cm³/mol. The molecule has 0 saturated heterocycles. The van der Waals surface area contributed by atoms with Crippen molar-refractivity contribution in [1.82, 2.24) is 15.0 Å². The highest BCUT2D eigenvalue weighted by molar-refractivity contribution is 5.89. The first-order valence-electron chi connectivity index (χ1n) is 5.67. The Morgan fingerprint density at radius 1 is 1.44 bits per heavy atom. The van der Waals surface area contributed by atoms with Crippen molar-refractivity contribution in [2.45, 2.75) is 13.8 Å². The van der Waals surface area contributed by atoms with E-state index in [1.54, 1.807) is 12.3 Å². The zero-order chi connectivity index (χ0) is 13.1. The van der Waals surface area contributed by atoms with E-state index in [0.717, 1.165) is 11.9 Å². The van der Waals surface area contributed by atoms with Crippen LogP contribution in [0.2, 0.25) is 0 Å². The number of pyridine rings is 1. The highest BCUT2D eigenvalue weighted by atomic mass is 15.0. The molecule has 18 heavy (non-hydrogen) atoms. The highest BCUT2D eigenvalue weighted by Gasteiger charge is 2.08. The number of aromatic nitrogens is 3. The summed E-state index contributed by atoms with van der Waals surface area (Å²) < 4.78 is 0. The molecule has 0 amide bonds. The molecule has 0 spiro atoms. The van der Waals surface area contributed by atoms with Gasteiger partial charge in [0.2, 0.25) is 5.95 Å². The lowest BCUT2D eigenvalue weighted by Crippen LogP contribution is -2.11. The van der Waals surface area contributed by atoms with Crippen molar-refractivity contribution in [2.75, 3.05) is 17.6 Å². The van der Waals surface area contributed by atoms with Crippen LogP contribution >= 0.6 is 0 Å². The first-order chi connectivity index (χ1) is 8.60. The van der Waals surface area contributed by atoms with Gasteiger partial charge in [-0.25, -0.2) is 15.0 Å². The summed E-state index contributed by atoms with van der Waals surface area (Å²) in [6.07, 6.45) is 1.60. The van der Waals surface area contributed by atoms with Crippen LogP contribution < -0.4 is 11.1 Å². The molecule has 6 nitrogen and oxygen atoms in total. The van der Waals surface area contributed by atoms with Crippen LogP contribution in [0.15, 0.2) is 12.3 Å². The monoisotopic (exact) mass is 242 g/mol. The quantitative estimate of drug-likeness (QED) is 0.846. The zero-order valence-corrected chi connectivity index (χ0v) is 10.3. The van der Waals surface area contributed by atoms with Gasteiger partial charge in [0.15, 0.2) is 5.82 Å². The maximum absolute atomic E-state index is 8.95. The smallest absolute Gasteiger partial charge is 0.220 e. The fourth-order valence-corrected chi connectivity index (χ4v) is 1.53. The largest absolute Gasteiger partial charge is 0.368 e. The summed E-state index contributed by atoms with van der Waals surface area (Å²) in [7, 11) is 0. The third kappa shape index (κ3) is 2.46. The first-order valence-corrected chi connectivity index (χ1v) is 5.67. The molecule has 0 aliphatic heterocycles. The van der Waals surface area contributed by atoms with Crippen molar-refractivity contribution in [3.8, 4) is 6.07 Å². The van der Waals surface area contributed by atoms with Gasteiger partial charge in [0.25, 0.3) is 0 Å². The molecule has 0 saturated carbocycles. The summed E-state index contributed by atoms with van der Waals surface area (Å²) in [6.45, 7) is 4.93. The van der Waals surface area contributed by atoms with Gasteiger partial charge in [-0.3, -0.25) is 0 Å². The Bertz CT molecular complexity index is 614. The minimum Gasteiger partial charge on any atom is -0.368 e. The lowest BCUT2D eigenvalue weighted by atomic mass is 10.2. The van der Waals surface area contributed by atoms with Crippen molar-refractivity contribution in [2.24, 2.45) is 5.92 Å². The van der Waals surface area contributed by atoms with Gasteiger partial charge in [-0.05, 0) is 12.0 Å².